The van der Waals surface area contributed by atoms with Gasteiger partial charge in [-0.25, -0.2) is 4.79 Å². The van der Waals surface area contributed by atoms with Crippen LogP contribution in [0.2, 0.25) is 0 Å². The maximum Gasteiger partial charge on any atom is 0.339 e. The van der Waals surface area contributed by atoms with Gasteiger partial charge in [-0.15, -0.1) is 0 Å². The second kappa shape index (κ2) is 5.89. The summed E-state index contributed by atoms with van der Waals surface area (Å²) in [6.07, 6.45) is 1.32. The van der Waals surface area contributed by atoms with Gasteiger partial charge in [-0.2, -0.15) is 8.42 Å². The highest BCUT2D eigenvalue weighted by Gasteiger charge is 2.14. The molecule has 0 atom stereocenters. The molecule has 0 aliphatic rings. The highest BCUT2D eigenvalue weighted by Crippen LogP contribution is 2.24. The Morgan fingerprint density at radius 3 is 2.57 bits per heavy atom. The van der Waals surface area contributed by atoms with E-state index >= 15 is 0 Å². The van der Waals surface area contributed by atoms with E-state index in [9.17, 15) is 13.2 Å². The second-order valence-electron chi connectivity index (χ2n) is 5.00. The van der Waals surface area contributed by atoms with Gasteiger partial charge in [0, 0.05) is 17.0 Å². The molecule has 0 N–H and O–H groups in total. The maximum absolute atomic E-state index is 11.8. The molecular weight excluding hydrogens is 292 g/mol. The average molecular weight is 310 g/mol. The molecule has 114 valence electrons. The first-order valence-corrected chi connectivity index (χ1v) is 8.38. The van der Waals surface area contributed by atoms with Crippen LogP contribution >= 0.6 is 0 Å². The number of fused-ring (bicyclic) bond motifs is 1. The lowest BCUT2D eigenvalue weighted by Crippen LogP contribution is -2.13. The van der Waals surface area contributed by atoms with E-state index in [-0.39, 0.29) is 11.5 Å². The molecule has 2 aromatic rings. The normalized spacial score (nSPS) is 11.8. The van der Waals surface area contributed by atoms with E-state index < -0.39 is 15.7 Å². The predicted octanol–water partition coefficient (Wildman–Crippen LogP) is 2.92. The minimum Gasteiger partial charge on any atom is -0.422 e. The first-order valence-electron chi connectivity index (χ1n) is 6.80. The predicted molar refractivity (Wildman–Crippen MR) is 81.3 cm³/mol. The summed E-state index contributed by atoms with van der Waals surface area (Å²) >= 11 is 0. The summed E-state index contributed by atoms with van der Waals surface area (Å²) in [5.41, 5.74) is 1.27. The average Bonchev–Trinajstić information content (AvgIpc) is 2.42. The Labute approximate surface area is 123 Å². The molecule has 0 saturated heterocycles. The van der Waals surface area contributed by atoms with Gasteiger partial charge in [-0.1, -0.05) is 13.3 Å². The van der Waals surface area contributed by atoms with Crippen LogP contribution in [-0.4, -0.2) is 14.2 Å². The zero-order valence-electron chi connectivity index (χ0n) is 12.3. The molecule has 0 radical (unpaired) electrons. The van der Waals surface area contributed by atoms with Crippen molar-refractivity contribution in [1.29, 1.82) is 0 Å². The number of hydrogen-bond acceptors (Lipinski definition) is 5. The van der Waals surface area contributed by atoms with Crippen LogP contribution in [0, 0.1) is 13.8 Å². The van der Waals surface area contributed by atoms with E-state index in [1.54, 1.807) is 19.1 Å². The Morgan fingerprint density at radius 1 is 1.19 bits per heavy atom. The van der Waals surface area contributed by atoms with Gasteiger partial charge in [0.25, 0.3) is 0 Å². The maximum atomic E-state index is 11.8. The van der Waals surface area contributed by atoms with Crippen LogP contribution in [-0.2, 0) is 10.1 Å². The number of rotatable bonds is 5. The summed E-state index contributed by atoms with van der Waals surface area (Å²) in [5, 5.41) is 0.769. The summed E-state index contributed by atoms with van der Waals surface area (Å²) in [7, 11) is -3.61. The van der Waals surface area contributed by atoms with Crippen molar-refractivity contribution in [2.24, 2.45) is 0 Å². The van der Waals surface area contributed by atoms with Crippen molar-refractivity contribution in [3.8, 4) is 5.75 Å². The molecule has 0 aliphatic carbocycles. The van der Waals surface area contributed by atoms with Crippen molar-refractivity contribution in [2.45, 2.75) is 33.6 Å². The van der Waals surface area contributed by atoms with E-state index in [0.29, 0.717) is 17.6 Å². The number of unbranched alkanes of at least 4 members (excludes halogenated alkanes) is 1. The van der Waals surface area contributed by atoms with E-state index in [4.69, 9.17) is 8.60 Å². The van der Waals surface area contributed by atoms with Crippen LogP contribution in [0.4, 0.5) is 0 Å². The van der Waals surface area contributed by atoms with Crippen LogP contribution in [0.15, 0.2) is 27.4 Å². The smallest absolute Gasteiger partial charge is 0.339 e. The highest BCUT2D eigenvalue weighted by atomic mass is 32.2. The summed E-state index contributed by atoms with van der Waals surface area (Å²) < 4.78 is 33.7. The molecule has 1 heterocycles. The lowest BCUT2D eigenvalue weighted by molar-refractivity contribution is 0.482. The molecule has 21 heavy (non-hydrogen) atoms. The fraction of sp³-hybridized carbons (Fsp3) is 0.400. The van der Waals surface area contributed by atoms with E-state index in [1.807, 2.05) is 13.8 Å². The number of hydrogen-bond donors (Lipinski definition) is 0. The molecule has 5 nitrogen and oxygen atoms in total. The van der Waals surface area contributed by atoms with Gasteiger partial charge >= 0.3 is 15.7 Å². The van der Waals surface area contributed by atoms with Gasteiger partial charge in [-0.3, -0.25) is 0 Å². The zero-order valence-corrected chi connectivity index (χ0v) is 13.1. The fourth-order valence-corrected chi connectivity index (χ4v) is 3.11. The highest BCUT2D eigenvalue weighted by molar-refractivity contribution is 7.87. The monoisotopic (exact) mass is 310 g/mol. The Morgan fingerprint density at radius 2 is 1.90 bits per heavy atom. The molecule has 1 aromatic carbocycles. The molecule has 1 aromatic heterocycles. The van der Waals surface area contributed by atoms with Gasteiger partial charge < -0.3 is 8.60 Å². The Hall–Kier alpha value is -1.82. The molecule has 0 unspecified atom stereocenters. The van der Waals surface area contributed by atoms with Gasteiger partial charge in [0.05, 0.1) is 5.75 Å². The van der Waals surface area contributed by atoms with Crippen LogP contribution < -0.4 is 9.81 Å². The van der Waals surface area contributed by atoms with E-state index in [2.05, 4.69) is 0 Å². The van der Waals surface area contributed by atoms with Crippen LogP contribution in [0.1, 0.15) is 30.9 Å². The van der Waals surface area contributed by atoms with Crippen molar-refractivity contribution in [3.05, 3.63) is 39.7 Å². The van der Waals surface area contributed by atoms with Crippen molar-refractivity contribution >= 4 is 21.1 Å². The van der Waals surface area contributed by atoms with Gasteiger partial charge in [0.15, 0.2) is 0 Å². The molecule has 0 bridgehead atoms. The van der Waals surface area contributed by atoms with E-state index in [0.717, 1.165) is 17.4 Å². The quantitative estimate of drug-likeness (QED) is 0.627. The topological polar surface area (TPSA) is 73.6 Å². The Bertz CT molecular complexity index is 818. The van der Waals surface area contributed by atoms with Crippen molar-refractivity contribution < 1.29 is 17.0 Å². The third kappa shape index (κ3) is 3.44. The Kier molecular flexibility index (Phi) is 4.37. The van der Waals surface area contributed by atoms with E-state index in [1.165, 1.54) is 6.07 Å². The molecule has 0 saturated carbocycles. The molecule has 0 fully saturated rings. The summed E-state index contributed by atoms with van der Waals surface area (Å²) in [4.78, 5) is 11.7. The van der Waals surface area contributed by atoms with Crippen molar-refractivity contribution in [2.75, 3.05) is 5.75 Å². The first kappa shape index (κ1) is 15.6. The minimum atomic E-state index is -3.61. The molecule has 0 aliphatic heterocycles. The van der Waals surface area contributed by atoms with Gasteiger partial charge in [0.1, 0.15) is 11.3 Å². The summed E-state index contributed by atoms with van der Waals surface area (Å²) in [5.74, 6) is 0.128. The number of aryl methyl sites for hydroxylation is 1. The van der Waals surface area contributed by atoms with Crippen molar-refractivity contribution in [1.82, 2.24) is 0 Å². The van der Waals surface area contributed by atoms with Crippen LogP contribution in [0.3, 0.4) is 0 Å². The number of benzene rings is 1. The Balaban J connectivity index is 2.40. The largest absolute Gasteiger partial charge is 0.422 e. The third-order valence-corrected chi connectivity index (χ3v) is 4.63. The molecular formula is C15H18O5S. The van der Waals surface area contributed by atoms with Crippen LogP contribution in [0.25, 0.3) is 11.0 Å². The zero-order chi connectivity index (χ0) is 15.6. The lowest BCUT2D eigenvalue weighted by Gasteiger charge is -2.08. The fourth-order valence-electron chi connectivity index (χ4n) is 1.99. The second-order valence-corrected chi connectivity index (χ2v) is 6.69. The van der Waals surface area contributed by atoms with Gasteiger partial charge in [-0.05, 0) is 38.0 Å². The first-order chi connectivity index (χ1) is 9.84. The van der Waals surface area contributed by atoms with Gasteiger partial charge in [0.2, 0.25) is 0 Å². The summed E-state index contributed by atoms with van der Waals surface area (Å²) in [6.45, 7) is 5.43. The third-order valence-electron chi connectivity index (χ3n) is 3.40. The van der Waals surface area contributed by atoms with Crippen LogP contribution in [0.5, 0.6) is 5.75 Å². The molecule has 2 rings (SSSR count). The standard InChI is InChI=1S/C15H18O5S/c1-4-5-8-21(17,18)20-12-6-7-13-10(2)11(3)15(16)19-14(13)9-12/h6-7,9H,4-5,8H2,1-3H3. The molecule has 6 heteroatoms. The molecule has 0 amide bonds. The summed E-state index contributed by atoms with van der Waals surface area (Å²) in [6, 6.07) is 4.70. The minimum absolute atomic E-state index is 0.0294. The molecule has 0 spiro atoms. The SMILES string of the molecule is CCCCS(=O)(=O)Oc1ccc2c(C)c(C)c(=O)oc2c1. The lowest BCUT2D eigenvalue weighted by atomic mass is 10.1. The van der Waals surface area contributed by atoms with Crippen molar-refractivity contribution in [3.63, 3.8) is 0 Å².